The Morgan fingerprint density at radius 3 is 2.38 bits per heavy atom. The highest BCUT2D eigenvalue weighted by molar-refractivity contribution is 9.10. The molecule has 0 N–H and O–H groups in total. The lowest BCUT2D eigenvalue weighted by Crippen LogP contribution is -2.47. The molecule has 1 aromatic heterocycles. The molecule has 1 aromatic carbocycles. The van der Waals surface area contributed by atoms with Gasteiger partial charge in [0.25, 0.3) is 0 Å². The van der Waals surface area contributed by atoms with E-state index in [4.69, 9.17) is 0 Å². The average Bonchev–Trinajstić information content (AvgIpc) is 3.09. The molecule has 2 aliphatic heterocycles. The summed E-state index contributed by atoms with van der Waals surface area (Å²) in [6, 6.07) is 5.60. The molecule has 2 aromatic rings. The predicted octanol–water partition coefficient (Wildman–Crippen LogP) is 3.34. The maximum Gasteiger partial charge on any atom is 0.246 e. The molecule has 0 radical (unpaired) electrons. The molecule has 0 spiro atoms. The van der Waals surface area contributed by atoms with Crippen molar-refractivity contribution in [2.75, 3.05) is 0 Å². The number of halogens is 2. The molecular weight excluding hydrogens is 397 g/mol. The number of hydrogen-bond acceptors (Lipinski definition) is 3. The number of hydrogen-bond donors (Lipinski definition) is 0. The molecule has 5 nitrogen and oxygen atoms in total. The van der Waals surface area contributed by atoms with Crippen LogP contribution in [-0.4, -0.2) is 34.6 Å². The zero-order chi connectivity index (χ0) is 16.9. The van der Waals surface area contributed by atoms with Crippen molar-refractivity contribution in [3.63, 3.8) is 0 Å². The molecule has 2 unspecified atom stereocenters. The summed E-state index contributed by atoms with van der Waals surface area (Å²) in [5.41, 5.74) is 0. The van der Waals surface area contributed by atoms with E-state index in [9.17, 15) is 12.8 Å². The number of rotatable bonds is 3. The number of aromatic nitrogens is 2. The molecule has 2 saturated heterocycles. The van der Waals surface area contributed by atoms with Crippen LogP contribution in [0.25, 0.3) is 0 Å². The topological polar surface area (TPSA) is 55.2 Å². The van der Waals surface area contributed by atoms with E-state index in [0.717, 1.165) is 17.3 Å². The van der Waals surface area contributed by atoms with E-state index in [2.05, 4.69) is 21.0 Å². The van der Waals surface area contributed by atoms with Gasteiger partial charge in [0.2, 0.25) is 10.0 Å². The highest BCUT2D eigenvalue weighted by atomic mass is 79.9. The standard InChI is InChI=1S/C16H17BrFN3O2S/c17-11-9-19-20(10-11)14-7-12-5-6-13(8-14)21(12)24(22,23)16-4-2-1-3-15(16)18/h1-4,9-10,12-14H,5-8H2. The number of benzene rings is 1. The minimum absolute atomic E-state index is 0.0960. The lowest BCUT2D eigenvalue weighted by Gasteiger charge is -2.37. The predicted molar refractivity (Wildman–Crippen MR) is 90.4 cm³/mol. The number of nitrogens with zero attached hydrogens (tertiary/aromatic N) is 3. The largest absolute Gasteiger partial charge is 0.268 e. The third kappa shape index (κ3) is 2.60. The summed E-state index contributed by atoms with van der Waals surface area (Å²) in [7, 11) is -3.81. The van der Waals surface area contributed by atoms with Crippen LogP contribution >= 0.6 is 15.9 Å². The highest BCUT2D eigenvalue weighted by Crippen LogP contribution is 2.44. The zero-order valence-electron chi connectivity index (χ0n) is 12.8. The number of fused-ring (bicyclic) bond motifs is 2. The van der Waals surface area contributed by atoms with Gasteiger partial charge in [-0.15, -0.1) is 0 Å². The van der Waals surface area contributed by atoms with Crippen LogP contribution in [0.5, 0.6) is 0 Å². The summed E-state index contributed by atoms with van der Waals surface area (Å²) >= 11 is 3.40. The SMILES string of the molecule is O=S(=O)(c1ccccc1F)N1C2CCC1CC(n1cc(Br)cn1)C2. The third-order valence-electron chi connectivity index (χ3n) is 4.98. The monoisotopic (exact) mass is 413 g/mol. The van der Waals surface area contributed by atoms with E-state index in [1.807, 2.05) is 10.9 Å². The summed E-state index contributed by atoms with van der Waals surface area (Å²) in [6.45, 7) is 0. The van der Waals surface area contributed by atoms with E-state index in [-0.39, 0.29) is 23.0 Å². The molecule has 4 rings (SSSR count). The number of piperidine rings is 1. The Morgan fingerprint density at radius 1 is 1.12 bits per heavy atom. The Hall–Kier alpha value is -1.25. The van der Waals surface area contributed by atoms with Crippen molar-refractivity contribution in [1.29, 1.82) is 0 Å². The van der Waals surface area contributed by atoms with E-state index in [1.165, 1.54) is 18.2 Å². The van der Waals surface area contributed by atoms with E-state index in [1.54, 1.807) is 16.6 Å². The van der Waals surface area contributed by atoms with Crippen molar-refractivity contribution in [2.45, 2.75) is 48.7 Å². The van der Waals surface area contributed by atoms with Crippen molar-refractivity contribution in [1.82, 2.24) is 14.1 Å². The highest BCUT2D eigenvalue weighted by Gasteiger charge is 2.48. The molecule has 0 aliphatic carbocycles. The van der Waals surface area contributed by atoms with Gasteiger partial charge in [-0.1, -0.05) is 12.1 Å². The van der Waals surface area contributed by atoms with Gasteiger partial charge in [-0.05, 0) is 53.7 Å². The second kappa shape index (κ2) is 5.93. The Bertz CT molecular complexity index is 856. The molecule has 0 saturated carbocycles. The van der Waals surface area contributed by atoms with Crippen LogP contribution in [0.3, 0.4) is 0 Å². The van der Waals surface area contributed by atoms with Crippen LogP contribution in [0.15, 0.2) is 46.0 Å². The third-order valence-corrected chi connectivity index (χ3v) is 7.43. The second-order valence-electron chi connectivity index (χ2n) is 6.41. The first-order valence-corrected chi connectivity index (χ1v) is 10.2. The van der Waals surface area contributed by atoms with Crippen LogP contribution in [-0.2, 0) is 10.0 Å². The number of sulfonamides is 1. The summed E-state index contributed by atoms with van der Waals surface area (Å²) in [4.78, 5) is -0.220. The van der Waals surface area contributed by atoms with E-state index < -0.39 is 15.8 Å². The van der Waals surface area contributed by atoms with Crippen LogP contribution < -0.4 is 0 Å². The van der Waals surface area contributed by atoms with Gasteiger partial charge in [-0.2, -0.15) is 9.40 Å². The fourth-order valence-corrected chi connectivity index (χ4v) is 6.26. The van der Waals surface area contributed by atoms with Gasteiger partial charge in [0.15, 0.2) is 0 Å². The van der Waals surface area contributed by atoms with Crippen LogP contribution in [0, 0.1) is 5.82 Å². The Balaban J connectivity index is 1.64. The Labute approximate surface area is 148 Å². The Morgan fingerprint density at radius 2 is 1.79 bits per heavy atom. The average molecular weight is 414 g/mol. The normalized spacial score (nSPS) is 27.5. The van der Waals surface area contributed by atoms with Gasteiger partial charge in [0, 0.05) is 18.3 Å². The fraction of sp³-hybridized carbons (Fsp3) is 0.438. The molecule has 3 heterocycles. The minimum atomic E-state index is -3.81. The van der Waals surface area contributed by atoms with Gasteiger partial charge in [-0.25, -0.2) is 12.8 Å². The summed E-state index contributed by atoms with van der Waals surface area (Å²) < 4.78 is 44.3. The molecule has 128 valence electrons. The minimum Gasteiger partial charge on any atom is -0.268 e. The van der Waals surface area contributed by atoms with E-state index >= 15 is 0 Å². The lowest BCUT2D eigenvalue weighted by atomic mass is 10.00. The van der Waals surface area contributed by atoms with Gasteiger partial charge in [-0.3, -0.25) is 4.68 Å². The molecule has 2 atom stereocenters. The fourth-order valence-electron chi connectivity index (χ4n) is 4.00. The first-order chi connectivity index (χ1) is 11.5. The molecule has 2 bridgehead atoms. The Kier molecular flexibility index (Phi) is 4.01. The summed E-state index contributed by atoms with van der Waals surface area (Å²) in [6.07, 6.45) is 6.71. The van der Waals surface area contributed by atoms with Crippen molar-refractivity contribution >= 4 is 26.0 Å². The maximum absolute atomic E-state index is 14.0. The van der Waals surface area contributed by atoms with Crippen LogP contribution in [0.2, 0.25) is 0 Å². The molecule has 8 heteroatoms. The van der Waals surface area contributed by atoms with Crippen molar-refractivity contribution in [3.05, 3.63) is 46.9 Å². The van der Waals surface area contributed by atoms with Crippen molar-refractivity contribution in [2.24, 2.45) is 0 Å². The first kappa shape index (κ1) is 16.2. The molecule has 0 amide bonds. The summed E-state index contributed by atoms with van der Waals surface area (Å²) in [5, 5.41) is 4.34. The van der Waals surface area contributed by atoms with Crippen LogP contribution in [0.4, 0.5) is 4.39 Å². The molecule has 24 heavy (non-hydrogen) atoms. The van der Waals surface area contributed by atoms with Crippen molar-refractivity contribution < 1.29 is 12.8 Å². The smallest absolute Gasteiger partial charge is 0.246 e. The quantitative estimate of drug-likeness (QED) is 0.774. The van der Waals surface area contributed by atoms with Gasteiger partial charge in [0.05, 0.1) is 16.7 Å². The van der Waals surface area contributed by atoms with Crippen LogP contribution in [0.1, 0.15) is 31.7 Å². The molecular formula is C16H17BrFN3O2S. The molecule has 2 fully saturated rings. The van der Waals surface area contributed by atoms with Gasteiger partial charge in [0.1, 0.15) is 10.7 Å². The van der Waals surface area contributed by atoms with Gasteiger partial charge < -0.3 is 0 Å². The van der Waals surface area contributed by atoms with Gasteiger partial charge >= 0.3 is 0 Å². The van der Waals surface area contributed by atoms with Crippen molar-refractivity contribution in [3.8, 4) is 0 Å². The van der Waals surface area contributed by atoms with E-state index in [0.29, 0.717) is 12.8 Å². The lowest BCUT2D eigenvalue weighted by molar-refractivity contribution is 0.184. The zero-order valence-corrected chi connectivity index (χ0v) is 15.2. The first-order valence-electron chi connectivity index (χ1n) is 7.94. The molecule has 2 aliphatic rings. The maximum atomic E-state index is 14.0. The second-order valence-corrected chi connectivity index (χ2v) is 9.14. The summed E-state index contributed by atoms with van der Waals surface area (Å²) in [5.74, 6) is -0.685.